The van der Waals surface area contributed by atoms with E-state index < -0.39 is 17.7 Å². The number of carboxylic acid groups (broad SMARTS) is 1. The first-order valence-corrected chi connectivity index (χ1v) is 10.8. The summed E-state index contributed by atoms with van der Waals surface area (Å²) in [5, 5.41) is 11.4. The highest BCUT2D eigenvalue weighted by Crippen LogP contribution is 2.31. The molecule has 8 nitrogen and oxygen atoms in total. The molecule has 0 heterocycles. The van der Waals surface area contributed by atoms with Crippen molar-refractivity contribution in [3.63, 3.8) is 0 Å². The van der Waals surface area contributed by atoms with Crippen LogP contribution in [0, 0.1) is 0 Å². The first-order valence-electron chi connectivity index (χ1n) is 10.8. The van der Waals surface area contributed by atoms with Crippen molar-refractivity contribution in [3.8, 4) is 11.5 Å². The smallest absolute Gasteiger partial charge is 0.412 e. The van der Waals surface area contributed by atoms with Crippen LogP contribution in [0.5, 0.6) is 11.5 Å². The topological polar surface area (TPSA) is 103 Å². The molecule has 0 spiro atoms. The zero-order valence-corrected chi connectivity index (χ0v) is 19.8. The van der Waals surface area contributed by atoms with Crippen LogP contribution in [0.3, 0.4) is 0 Å². The Morgan fingerprint density at radius 1 is 1.03 bits per heavy atom. The SMILES string of the molecule is COc1cc(C(C)OCCC(=O)O)ccc1OCCc1ccc(NC(=O)OC(C)(C)C)cc1. The summed E-state index contributed by atoms with van der Waals surface area (Å²) in [5.74, 6) is 0.303. The molecule has 1 unspecified atom stereocenters. The highest BCUT2D eigenvalue weighted by atomic mass is 16.6. The van der Waals surface area contributed by atoms with Crippen LogP contribution < -0.4 is 14.8 Å². The number of hydrogen-bond donors (Lipinski definition) is 2. The molecular weight excluding hydrogens is 426 g/mol. The number of aliphatic carboxylic acids is 1. The van der Waals surface area contributed by atoms with Gasteiger partial charge in [0.05, 0.1) is 32.8 Å². The number of anilines is 1. The first-order chi connectivity index (χ1) is 15.6. The molecule has 2 N–H and O–H groups in total. The third-order valence-corrected chi connectivity index (χ3v) is 4.59. The lowest BCUT2D eigenvalue weighted by atomic mass is 10.1. The highest BCUT2D eigenvalue weighted by molar-refractivity contribution is 5.84. The van der Waals surface area contributed by atoms with E-state index in [0.717, 1.165) is 11.1 Å². The summed E-state index contributed by atoms with van der Waals surface area (Å²) in [5.41, 5.74) is 2.04. The van der Waals surface area contributed by atoms with Crippen molar-refractivity contribution in [2.75, 3.05) is 25.6 Å². The number of hydrogen-bond acceptors (Lipinski definition) is 6. The standard InChI is InChI=1S/C25H33NO7/c1-17(31-15-13-23(27)28)19-8-11-21(22(16-19)30-5)32-14-12-18-6-9-20(10-7-18)26-24(29)33-25(2,3)4/h6-11,16-17H,12-15H2,1-5H3,(H,26,29)(H,27,28). The predicted octanol–water partition coefficient (Wildman–Crippen LogP) is 5.22. The molecule has 1 amide bonds. The second-order valence-corrected chi connectivity index (χ2v) is 8.49. The Hall–Kier alpha value is -3.26. The Bertz CT molecular complexity index is 919. The van der Waals surface area contributed by atoms with E-state index in [4.69, 9.17) is 24.1 Å². The van der Waals surface area contributed by atoms with E-state index >= 15 is 0 Å². The molecule has 0 aliphatic rings. The van der Waals surface area contributed by atoms with Crippen LogP contribution in [0.2, 0.25) is 0 Å². The van der Waals surface area contributed by atoms with E-state index in [1.165, 1.54) is 0 Å². The van der Waals surface area contributed by atoms with Crippen LogP contribution in [0.1, 0.15) is 51.3 Å². The summed E-state index contributed by atoms with van der Waals surface area (Å²) < 4.78 is 22.1. The number of ether oxygens (including phenoxy) is 4. The lowest BCUT2D eigenvalue weighted by Gasteiger charge is -2.19. The van der Waals surface area contributed by atoms with Crippen molar-refractivity contribution in [1.82, 2.24) is 0 Å². The number of benzene rings is 2. The fourth-order valence-electron chi connectivity index (χ4n) is 2.93. The van der Waals surface area contributed by atoms with E-state index in [9.17, 15) is 9.59 Å². The molecule has 180 valence electrons. The quantitative estimate of drug-likeness (QED) is 0.475. The number of rotatable bonds is 11. The second kappa shape index (κ2) is 12.1. The Balaban J connectivity index is 1.86. The monoisotopic (exact) mass is 459 g/mol. The second-order valence-electron chi connectivity index (χ2n) is 8.49. The van der Waals surface area contributed by atoms with Gasteiger partial charge >= 0.3 is 12.1 Å². The van der Waals surface area contributed by atoms with Gasteiger partial charge in [0, 0.05) is 12.1 Å². The zero-order chi connectivity index (χ0) is 24.4. The molecule has 2 rings (SSSR count). The zero-order valence-electron chi connectivity index (χ0n) is 19.8. The normalized spacial score (nSPS) is 12.0. The van der Waals surface area contributed by atoms with E-state index in [1.54, 1.807) is 7.11 Å². The Labute approximate surface area is 194 Å². The van der Waals surface area contributed by atoms with Gasteiger partial charge in [-0.2, -0.15) is 0 Å². The fraction of sp³-hybridized carbons (Fsp3) is 0.440. The average Bonchev–Trinajstić information content (AvgIpc) is 2.73. The first kappa shape index (κ1) is 26.0. The minimum Gasteiger partial charge on any atom is -0.493 e. The van der Waals surface area contributed by atoms with Gasteiger partial charge in [-0.1, -0.05) is 18.2 Å². The van der Waals surface area contributed by atoms with Crippen LogP contribution in [0.4, 0.5) is 10.5 Å². The number of carbonyl (C=O) groups excluding carboxylic acids is 1. The summed E-state index contributed by atoms with van der Waals surface area (Å²) in [7, 11) is 1.57. The molecule has 0 aromatic heterocycles. The van der Waals surface area contributed by atoms with Gasteiger partial charge < -0.3 is 24.1 Å². The number of carbonyl (C=O) groups is 2. The maximum absolute atomic E-state index is 11.9. The molecule has 0 bridgehead atoms. The summed E-state index contributed by atoms with van der Waals surface area (Å²) in [4.78, 5) is 22.5. The van der Waals surface area contributed by atoms with Gasteiger partial charge in [-0.25, -0.2) is 4.79 Å². The highest BCUT2D eigenvalue weighted by Gasteiger charge is 2.16. The maximum Gasteiger partial charge on any atom is 0.412 e. The Morgan fingerprint density at radius 3 is 2.33 bits per heavy atom. The average molecular weight is 460 g/mol. The van der Waals surface area contributed by atoms with Gasteiger partial charge in [0.2, 0.25) is 0 Å². The number of carboxylic acids is 1. The fourth-order valence-corrected chi connectivity index (χ4v) is 2.93. The molecule has 0 aliphatic carbocycles. The Morgan fingerprint density at radius 2 is 1.73 bits per heavy atom. The molecule has 0 saturated carbocycles. The molecule has 0 aliphatic heterocycles. The van der Waals surface area contributed by atoms with E-state index in [-0.39, 0.29) is 19.1 Å². The molecule has 1 atom stereocenters. The van der Waals surface area contributed by atoms with Gasteiger partial charge in [0.15, 0.2) is 11.5 Å². The van der Waals surface area contributed by atoms with Gasteiger partial charge in [-0.15, -0.1) is 0 Å². The summed E-state index contributed by atoms with van der Waals surface area (Å²) in [6, 6.07) is 13.0. The van der Waals surface area contributed by atoms with Crippen LogP contribution in [-0.4, -0.2) is 43.1 Å². The van der Waals surface area contributed by atoms with Crippen LogP contribution in [0.15, 0.2) is 42.5 Å². The largest absolute Gasteiger partial charge is 0.493 e. The summed E-state index contributed by atoms with van der Waals surface area (Å²) in [6.45, 7) is 7.89. The third kappa shape index (κ3) is 9.41. The summed E-state index contributed by atoms with van der Waals surface area (Å²) in [6.07, 6.45) is -0.122. The molecule has 8 heteroatoms. The molecule has 33 heavy (non-hydrogen) atoms. The van der Waals surface area contributed by atoms with Crippen molar-refractivity contribution in [2.24, 2.45) is 0 Å². The van der Waals surface area contributed by atoms with Crippen molar-refractivity contribution in [2.45, 2.75) is 52.2 Å². The van der Waals surface area contributed by atoms with E-state index in [2.05, 4.69) is 5.32 Å². The van der Waals surface area contributed by atoms with Crippen molar-refractivity contribution in [1.29, 1.82) is 0 Å². The van der Waals surface area contributed by atoms with E-state index in [0.29, 0.717) is 30.2 Å². The molecule has 2 aromatic rings. The minimum atomic E-state index is -0.891. The molecule has 0 fully saturated rings. The van der Waals surface area contributed by atoms with Crippen LogP contribution in [-0.2, 0) is 20.7 Å². The summed E-state index contributed by atoms with van der Waals surface area (Å²) >= 11 is 0. The molecular formula is C25H33NO7. The lowest BCUT2D eigenvalue weighted by molar-refractivity contribution is -0.138. The van der Waals surface area contributed by atoms with Crippen molar-refractivity contribution < 1.29 is 33.6 Å². The lowest BCUT2D eigenvalue weighted by Crippen LogP contribution is -2.27. The van der Waals surface area contributed by atoms with E-state index in [1.807, 2.05) is 70.2 Å². The van der Waals surface area contributed by atoms with Gasteiger partial charge in [-0.3, -0.25) is 10.1 Å². The number of nitrogens with one attached hydrogen (secondary N) is 1. The molecule has 2 aromatic carbocycles. The van der Waals surface area contributed by atoms with Crippen LogP contribution >= 0.6 is 0 Å². The minimum absolute atomic E-state index is 0.0410. The number of amides is 1. The van der Waals surface area contributed by atoms with Crippen molar-refractivity contribution >= 4 is 17.7 Å². The van der Waals surface area contributed by atoms with Gasteiger partial charge in [-0.05, 0) is 63.1 Å². The van der Waals surface area contributed by atoms with Crippen molar-refractivity contribution in [3.05, 3.63) is 53.6 Å². The molecule has 0 radical (unpaired) electrons. The predicted molar refractivity (Wildman–Crippen MR) is 125 cm³/mol. The van der Waals surface area contributed by atoms with Gasteiger partial charge in [0.1, 0.15) is 5.60 Å². The maximum atomic E-state index is 11.9. The third-order valence-electron chi connectivity index (χ3n) is 4.59. The van der Waals surface area contributed by atoms with Gasteiger partial charge in [0.25, 0.3) is 0 Å². The molecule has 0 saturated heterocycles. The van der Waals surface area contributed by atoms with Crippen LogP contribution in [0.25, 0.3) is 0 Å². The number of methoxy groups -OCH3 is 1. The Kier molecular flexibility index (Phi) is 9.54.